The van der Waals surface area contributed by atoms with E-state index in [1.54, 1.807) is 6.92 Å². The molecule has 1 unspecified atom stereocenters. The van der Waals surface area contributed by atoms with E-state index in [9.17, 15) is 9.59 Å². The SMILES string of the molecule is CCOC(=O)C(C(=O)NC1CC=CC1)C(C)(C)C. The lowest BCUT2D eigenvalue weighted by Crippen LogP contribution is -2.46. The number of ether oxygens (including phenoxy) is 1. The van der Waals surface area contributed by atoms with Gasteiger partial charge in [-0.05, 0) is 25.2 Å². The fourth-order valence-corrected chi connectivity index (χ4v) is 2.10. The maximum absolute atomic E-state index is 12.2. The van der Waals surface area contributed by atoms with E-state index in [-0.39, 0.29) is 11.9 Å². The molecular formula is C14H23NO3. The third-order valence-corrected chi connectivity index (χ3v) is 3.00. The van der Waals surface area contributed by atoms with Gasteiger partial charge in [-0.15, -0.1) is 0 Å². The molecule has 1 N–H and O–H groups in total. The van der Waals surface area contributed by atoms with Crippen LogP contribution in [-0.2, 0) is 14.3 Å². The quantitative estimate of drug-likeness (QED) is 0.474. The molecule has 0 heterocycles. The number of hydrogen-bond acceptors (Lipinski definition) is 3. The van der Waals surface area contributed by atoms with Gasteiger partial charge in [-0.1, -0.05) is 32.9 Å². The Morgan fingerprint density at radius 2 is 1.89 bits per heavy atom. The number of carbonyl (C=O) groups excluding carboxylic acids is 2. The van der Waals surface area contributed by atoms with Crippen molar-refractivity contribution in [3.8, 4) is 0 Å². The van der Waals surface area contributed by atoms with Crippen LogP contribution in [0.15, 0.2) is 12.2 Å². The van der Waals surface area contributed by atoms with Gasteiger partial charge in [0, 0.05) is 6.04 Å². The number of nitrogens with one attached hydrogen (secondary N) is 1. The molecule has 0 radical (unpaired) electrons. The van der Waals surface area contributed by atoms with Crippen LogP contribution < -0.4 is 5.32 Å². The highest BCUT2D eigenvalue weighted by atomic mass is 16.5. The molecule has 0 saturated carbocycles. The Labute approximate surface area is 109 Å². The Morgan fingerprint density at radius 3 is 2.33 bits per heavy atom. The number of rotatable bonds is 4. The highest BCUT2D eigenvalue weighted by molar-refractivity contribution is 5.98. The Balaban J connectivity index is 2.70. The van der Waals surface area contributed by atoms with Gasteiger partial charge in [-0.3, -0.25) is 9.59 Å². The lowest BCUT2D eigenvalue weighted by Gasteiger charge is -2.28. The summed E-state index contributed by atoms with van der Waals surface area (Å²) in [7, 11) is 0. The maximum atomic E-state index is 12.2. The third kappa shape index (κ3) is 3.86. The molecule has 0 aromatic heterocycles. The molecule has 0 aromatic carbocycles. The van der Waals surface area contributed by atoms with E-state index in [2.05, 4.69) is 5.32 Å². The van der Waals surface area contributed by atoms with E-state index in [0.717, 1.165) is 12.8 Å². The molecule has 0 aromatic rings. The van der Waals surface area contributed by atoms with Gasteiger partial charge >= 0.3 is 5.97 Å². The van der Waals surface area contributed by atoms with Crippen LogP contribution in [0.1, 0.15) is 40.5 Å². The van der Waals surface area contributed by atoms with Gasteiger partial charge in [0.05, 0.1) is 6.61 Å². The number of hydrogen-bond donors (Lipinski definition) is 1. The molecule has 1 rings (SSSR count). The second-order valence-corrected chi connectivity index (χ2v) is 5.70. The smallest absolute Gasteiger partial charge is 0.319 e. The molecule has 102 valence electrons. The van der Waals surface area contributed by atoms with Crippen LogP contribution in [0, 0.1) is 11.3 Å². The van der Waals surface area contributed by atoms with Gasteiger partial charge in [0.1, 0.15) is 5.92 Å². The first-order chi connectivity index (χ1) is 8.36. The monoisotopic (exact) mass is 253 g/mol. The van der Waals surface area contributed by atoms with Gasteiger partial charge < -0.3 is 10.1 Å². The lowest BCUT2D eigenvalue weighted by atomic mass is 9.80. The first-order valence-corrected chi connectivity index (χ1v) is 6.48. The van der Waals surface area contributed by atoms with Crippen molar-refractivity contribution in [2.45, 2.75) is 46.6 Å². The number of esters is 1. The van der Waals surface area contributed by atoms with Gasteiger partial charge in [-0.25, -0.2) is 0 Å². The van der Waals surface area contributed by atoms with E-state index in [1.807, 2.05) is 32.9 Å². The minimum atomic E-state index is -0.752. The number of carbonyl (C=O) groups is 2. The molecule has 0 aliphatic heterocycles. The second-order valence-electron chi connectivity index (χ2n) is 5.70. The summed E-state index contributed by atoms with van der Waals surface area (Å²) in [5, 5.41) is 2.92. The van der Waals surface area contributed by atoms with E-state index in [1.165, 1.54) is 0 Å². The van der Waals surface area contributed by atoms with E-state index >= 15 is 0 Å². The Kier molecular flexibility index (Phi) is 4.93. The topological polar surface area (TPSA) is 55.4 Å². The van der Waals surface area contributed by atoms with Gasteiger partial charge in [-0.2, -0.15) is 0 Å². The van der Waals surface area contributed by atoms with E-state index < -0.39 is 17.3 Å². The van der Waals surface area contributed by atoms with Crippen molar-refractivity contribution in [2.75, 3.05) is 6.61 Å². The highest BCUT2D eigenvalue weighted by Gasteiger charge is 2.39. The molecule has 0 fully saturated rings. The average Bonchev–Trinajstić information content (AvgIpc) is 2.68. The van der Waals surface area contributed by atoms with Crippen molar-refractivity contribution in [1.29, 1.82) is 0 Å². The molecule has 1 aliphatic carbocycles. The predicted molar refractivity (Wildman–Crippen MR) is 69.9 cm³/mol. The molecule has 0 bridgehead atoms. The fourth-order valence-electron chi connectivity index (χ4n) is 2.10. The molecule has 1 amide bonds. The second kappa shape index (κ2) is 6.03. The van der Waals surface area contributed by atoms with Crippen molar-refractivity contribution in [2.24, 2.45) is 11.3 Å². The average molecular weight is 253 g/mol. The molecule has 0 spiro atoms. The first-order valence-electron chi connectivity index (χ1n) is 6.48. The molecule has 4 nitrogen and oxygen atoms in total. The molecule has 0 saturated heterocycles. The fraction of sp³-hybridized carbons (Fsp3) is 0.714. The van der Waals surface area contributed by atoms with E-state index in [0.29, 0.717) is 6.61 Å². The lowest BCUT2D eigenvalue weighted by molar-refractivity contribution is -0.156. The largest absolute Gasteiger partial charge is 0.465 e. The van der Waals surface area contributed by atoms with Crippen LogP contribution >= 0.6 is 0 Å². The minimum absolute atomic E-state index is 0.122. The zero-order valence-electron chi connectivity index (χ0n) is 11.7. The highest BCUT2D eigenvalue weighted by Crippen LogP contribution is 2.28. The summed E-state index contributed by atoms with van der Waals surface area (Å²) in [6, 6.07) is 0.122. The van der Waals surface area contributed by atoms with Crippen LogP contribution in [0.4, 0.5) is 0 Å². The minimum Gasteiger partial charge on any atom is -0.465 e. The predicted octanol–water partition coefficient (Wildman–Crippen LogP) is 2.05. The maximum Gasteiger partial charge on any atom is 0.319 e. The van der Waals surface area contributed by atoms with Crippen molar-refractivity contribution in [1.82, 2.24) is 5.32 Å². The third-order valence-electron chi connectivity index (χ3n) is 3.00. The van der Waals surface area contributed by atoms with Crippen LogP contribution in [-0.4, -0.2) is 24.5 Å². The Hall–Kier alpha value is -1.32. The zero-order chi connectivity index (χ0) is 13.8. The summed E-state index contributed by atoms with van der Waals surface area (Å²) in [6.45, 7) is 7.67. The van der Waals surface area contributed by atoms with Gasteiger partial charge in [0.25, 0.3) is 0 Å². The zero-order valence-corrected chi connectivity index (χ0v) is 11.7. The molecule has 1 aliphatic rings. The Bertz CT molecular complexity index is 333. The summed E-state index contributed by atoms with van der Waals surface area (Å²) in [5.74, 6) is -1.42. The summed E-state index contributed by atoms with van der Waals surface area (Å²) >= 11 is 0. The first kappa shape index (κ1) is 14.7. The number of amides is 1. The van der Waals surface area contributed by atoms with Crippen molar-refractivity contribution in [3.05, 3.63) is 12.2 Å². The molecular weight excluding hydrogens is 230 g/mol. The van der Waals surface area contributed by atoms with Crippen molar-refractivity contribution >= 4 is 11.9 Å². The van der Waals surface area contributed by atoms with Crippen LogP contribution in [0.3, 0.4) is 0 Å². The summed E-state index contributed by atoms with van der Waals surface area (Å²) in [6.07, 6.45) is 5.76. The van der Waals surface area contributed by atoms with Crippen LogP contribution in [0.5, 0.6) is 0 Å². The summed E-state index contributed by atoms with van der Waals surface area (Å²) < 4.78 is 5.00. The normalized spacial score (nSPS) is 17.6. The van der Waals surface area contributed by atoms with E-state index in [4.69, 9.17) is 4.74 Å². The summed E-state index contributed by atoms with van der Waals surface area (Å²) in [5.41, 5.74) is -0.442. The van der Waals surface area contributed by atoms with Crippen molar-refractivity contribution < 1.29 is 14.3 Å². The Morgan fingerprint density at radius 1 is 1.33 bits per heavy atom. The molecule has 1 atom stereocenters. The van der Waals surface area contributed by atoms with Crippen molar-refractivity contribution in [3.63, 3.8) is 0 Å². The summed E-state index contributed by atoms with van der Waals surface area (Å²) in [4.78, 5) is 24.1. The molecule has 4 heteroatoms. The van der Waals surface area contributed by atoms with Crippen LogP contribution in [0.2, 0.25) is 0 Å². The van der Waals surface area contributed by atoms with Gasteiger partial charge in [0.15, 0.2) is 0 Å². The van der Waals surface area contributed by atoms with Gasteiger partial charge in [0.2, 0.25) is 5.91 Å². The molecule has 18 heavy (non-hydrogen) atoms. The van der Waals surface area contributed by atoms with Crippen LogP contribution in [0.25, 0.3) is 0 Å². The standard InChI is InChI=1S/C14H23NO3/c1-5-18-13(17)11(14(2,3)4)12(16)15-10-8-6-7-9-10/h6-7,10-11H,5,8-9H2,1-4H3,(H,15,16).